The number of halogens is 2. The molecule has 7 nitrogen and oxygen atoms in total. The van der Waals surface area contributed by atoms with E-state index in [4.69, 9.17) is 16.3 Å². The Morgan fingerprint density at radius 1 is 1.09 bits per heavy atom. The van der Waals surface area contributed by atoms with E-state index in [0.717, 1.165) is 10.2 Å². The number of benzene rings is 3. The zero-order valence-corrected chi connectivity index (χ0v) is 19.9. The molecule has 0 aliphatic rings. The molecule has 0 aliphatic heterocycles. The van der Waals surface area contributed by atoms with Crippen LogP contribution in [0.25, 0.3) is 27.5 Å². The summed E-state index contributed by atoms with van der Waals surface area (Å²) >= 11 is 6.31. The van der Waals surface area contributed by atoms with Gasteiger partial charge in [0.25, 0.3) is 11.5 Å². The molecule has 5 rings (SSSR count). The Balaban J connectivity index is 1.84. The number of fused-ring (bicyclic) bond motifs is 3. The van der Waals surface area contributed by atoms with Gasteiger partial charge in [-0.3, -0.25) is 9.59 Å². The molecule has 0 spiro atoms. The van der Waals surface area contributed by atoms with Crippen LogP contribution in [0.5, 0.6) is 5.75 Å². The number of para-hydroxylation sites is 2. The smallest absolute Gasteiger partial charge is 0.296 e. The van der Waals surface area contributed by atoms with Crippen LogP contribution in [-0.2, 0) is 7.05 Å². The van der Waals surface area contributed by atoms with Gasteiger partial charge in [-0.2, -0.15) is 9.78 Å². The summed E-state index contributed by atoms with van der Waals surface area (Å²) in [6.07, 6.45) is 0. The molecule has 3 aromatic carbocycles. The van der Waals surface area contributed by atoms with Crippen molar-refractivity contribution in [3.05, 3.63) is 93.6 Å². The van der Waals surface area contributed by atoms with Crippen LogP contribution in [0.1, 0.15) is 10.5 Å². The van der Waals surface area contributed by atoms with E-state index in [0.29, 0.717) is 27.7 Å². The maximum Gasteiger partial charge on any atom is 0.296 e. The molecule has 0 saturated carbocycles. The SMILES string of the molecule is COc1ccc(-n2nc(C(=O)N(C)c3ccccc3F)c3c4ccccc4n(C)c3c2=O)cc1Cl. The lowest BCUT2D eigenvalue weighted by Crippen LogP contribution is -2.32. The molecule has 2 heterocycles. The largest absolute Gasteiger partial charge is 0.495 e. The summed E-state index contributed by atoms with van der Waals surface area (Å²) in [6, 6.07) is 18.1. The molecule has 0 aliphatic carbocycles. The first kappa shape index (κ1) is 22.6. The van der Waals surface area contributed by atoms with E-state index in [-0.39, 0.29) is 16.4 Å². The van der Waals surface area contributed by atoms with Crippen LogP contribution >= 0.6 is 11.6 Å². The number of hydrogen-bond donors (Lipinski definition) is 0. The molecule has 176 valence electrons. The average molecular weight is 491 g/mol. The van der Waals surface area contributed by atoms with Crippen LogP contribution < -0.4 is 15.2 Å². The lowest BCUT2D eigenvalue weighted by molar-refractivity contribution is 0.0987. The second-order valence-corrected chi connectivity index (χ2v) is 8.41. The van der Waals surface area contributed by atoms with E-state index >= 15 is 0 Å². The van der Waals surface area contributed by atoms with Gasteiger partial charge in [-0.1, -0.05) is 41.9 Å². The lowest BCUT2D eigenvalue weighted by Gasteiger charge is -2.19. The fourth-order valence-electron chi connectivity index (χ4n) is 4.28. The summed E-state index contributed by atoms with van der Waals surface area (Å²) in [5, 5.41) is 5.86. The number of hydrogen-bond acceptors (Lipinski definition) is 4. The third kappa shape index (κ3) is 3.54. The van der Waals surface area contributed by atoms with Gasteiger partial charge in [0.2, 0.25) is 0 Å². The molecular formula is C26H20ClFN4O3. The van der Waals surface area contributed by atoms with Crippen molar-refractivity contribution in [1.82, 2.24) is 14.3 Å². The van der Waals surface area contributed by atoms with Gasteiger partial charge in [-0.15, -0.1) is 0 Å². The maximum atomic E-state index is 14.5. The van der Waals surface area contributed by atoms with Crippen LogP contribution in [0.4, 0.5) is 10.1 Å². The molecule has 0 bridgehead atoms. The molecule has 0 N–H and O–H groups in total. The van der Waals surface area contributed by atoms with E-state index in [2.05, 4.69) is 5.10 Å². The molecule has 2 aromatic heterocycles. The molecule has 0 saturated heterocycles. The number of anilines is 1. The van der Waals surface area contributed by atoms with Crippen molar-refractivity contribution in [2.75, 3.05) is 19.1 Å². The fraction of sp³-hybridized carbons (Fsp3) is 0.115. The van der Waals surface area contributed by atoms with E-state index in [1.165, 1.54) is 37.3 Å². The number of aryl methyl sites for hydroxylation is 1. The standard InChI is InChI=1S/C26H20ClFN4O3/c1-30-19-10-6-4-8-16(19)22-23(25(33)31(2)20-11-7-5-9-18(20)28)29-32(26(34)24(22)30)15-12-13-21(35-3)17(27)14-15/h4-14H,1-3H3. The fourth-order valence-corrected chi connectivity index (χ4v) is 4.53. The minimum Gasteiger partial charge on any atom is -0.495 e. The summed E-state index contributed by atoms with van der Waals surface area (Å²) in [5.74, 6) is -0.678. The van der Waals surface area contributed by atoms with Gasteiger partial charge in [0.1, 0.15) is 17.1 Å². The average Bonchev–Trinajstić information content (AvgIpc) is 3.17. The summed E-state index contributed by atoms with van der Waals surface area (Å²) in [7, 11) is 4.72. The number of rotatable bonds is 4. The van der Waals surface area contributed by atoms with Crippen LogP contribution in [-0.4, -0.2) is 34.4 Å². The van der Waals surface area contributed by atoms with E-state index in [1.807, 2.05) is 24.3 Å². The Morgan fingerprint density at radius 3 is 2.51 bits per heavy atom. The third-order valence-electron chi connectivity index (χ3n) is 6.04. The number of carbonyl (C=O) groups excluding carboxylic acids is 1. The number of methoxy groups -OCH3 is 1. The van der Waals surface area contributed by atoms with Crippen molar-refractivity contribution in [2.24, 2.45) is 7.05 Å². The summed E-state index contributed by atoms with van der Waals surface area (Å²) in [4.78, 5) is 28.6. The van der Waals surface area contributed by atoms with Crippen LogP contribution in [0.3, 0.4) is 0 Å². The number of ether oxygens (including phenoxy) is 1. The van der Waals surface area contributed by atoms with E-state index < -0.39 is 17.3 Å². The highest BCUT2D eigenvalue weighted by atomic mass is 35.5. The number of amides is 1. The Kier molecular flexibility index (Phi) is 5.53. The first-order valence-electron chi connectivity index (χ1n) is 10.7. The molecule has 0 atom stereocenters. The molecular weight excluding hydrogens is 471 g/mol. The van der Waals surface area contributed by atoms with Gasteiger partial charge in [0, 0.05) is 30.4 Å². The highest BCUT2D eigenvalue weighted by Crippen LogP contribution is 2.31. The molecule has 5 aromatic rings. The van der Waals surface area contributed by atoms with Crippen molar-refractivity contribution in [3.63, 3.8) is 0 Å². The van der Waals surface area contributed by atoms with Gasteiger partial charge in [-0.25, -0.2) is 4.39 Å². The van der Waals surface area contributed by atoms with E-state index in [9.17, 15) is 14.0 Å². The molecule has 35 heavy (non-hydrogen) atoms. The predicted molar refractivity (Wildman–Crippen MR) is 135 cm³/mol. The van der Waals surface area contributed by atoms with Gasteiger partial charge in [0.15, 0.2) is 5.69 Å². The van der Waals surface area contributed by atoms with Crippen molar-refractivity contribution in [1.29, 1.82) is 0 Å². The van der Waals surface area contributed by atoms with Gasteiger partial charge in [-0.05, 0) is 36.4 Å². The van der Waals surface area contributed by atoms with Crippen LogP contribution in [0, 0.1) is 5.82 Å². The molecule has 0 radical (unpaired) electrons. The summed E-state index contributed by atoms with van der Waals surface area (Å²) in [5.41, 5.74) is 1.08. The monoisotopic (exact) mass is 490 g/mol. The number of nitrogens with zero attached hydrogens (tertiary/aromatic N) is 4. The van der Waals surface area contributed by atoms with Crippen molar-refractivity contribution in [2.45, 2.75) is 0 Å². The zero-order chi connectivity index (χ0) is 24.9. The number of carbonyl (C=O) groups is 1. The van der Waals surface area contributed by atoms with Crippen LogP contribution in [0.2, 0.25) is 5.02 Å². The van der Waals surface area contributed by atoms with Crippen molar-refractivity contribution < 1.29 is 13.9 Å². The Bertz CT molecular complexity index is 1690. The lowest BCUT2D eigenvalue weighted by atomic mass is 10.1. The van der Waals surface area contributed by atoms with Gasteiger partial charge < -0.3 is 14.2 Å². The highest BCUT2D eigenvalue weighted by Gasteiger charge is 2.27. The summed E-state index contributed by atoms with van der Waals surface area (Å²) < 4.78 is 22.6. The second kappa shape index (κ2) is 8.56. The zero-order valence-electron chi connectivity index (χ0n) is 19.1. The van der Waals surface area contributed by atoms with Crippen molar-refractivity contribution >= 4 is 45.0 Å². The third-order valence-corrected chi connectivity index (χ3v) is 6.34. The minimum atomic E-state index is -0.565. The minimum absolute atomic E-state index is 0.00842. The Labute approximate surface area is 204 Å². The first-order valence-corrected chi connectivity index (χ1v) is 11.1. The molecule has 0 fully saturated rings. The molecule has 9 heteroatoms. The van der Waals surface area contributed by atoms with Gasteiger partial charge in [0.05, 0.1) is 23.5 Å². The first-order chi connectivity index (χ1) is 16.8. The quantitative estimate of drug-likeness (QED) is 0.357. The topological polar surface area (TPSA) is 69.4 Å². The maximum absolute atomic E-state index is 14.5. The van der Waals surface area contributed by atoms with E-state index in [1.54, 1.807) is 35.9 Å². The summed E-state index contributed by atoms with van der Waals surface area (Å²) in [6.45, 7) is 0. The van der Waals surface area contributed by atoms with Gasteiger partial charge >= 0.3 is 0 Å². The molecule has 0 unspecified atom stereocenters. The highest BCUT2D eigenvalue weighted by molar-refractivity contribution is 6.32. The molecule has 1 amide bonds. The van der Waals surface area contributed by atoms with Crippen LogP contribution in [0.15, 0.2) is 71.5 Å². The second-order valence-electron chi connectivity index (χ2n) is 8.00. The Hall–Kier alpha value is -4.17. The Morgan fingerprint density at radius 2 is 1.80 bits per heavy atom. The van der Waals surface area contributed by atoms with Crippen molar-refractivity contribution in [3.8, 4) is 11.4 Å². The predicted octanol–water partition coefficient (Wildman–Crippen LogP) is 4.96. The number of aromatic nitrogens is 3. The normalized spacial score (nSPS) is 11.2.